The van der Waals surface area contributed by atoms with Gasteiger partial charge in [0, 0.05) is 30.0 Å². The van der Waals surface area contributed by atoms with Crippen LogP contribution in [0, 0.1) is 0 Å². The van der Waals surface area contributed by atoms with Gasteiger partial charge in [0.05, 0.1) is 29.8 Å². The van der Waals surface area contributed by atoms with Crippen LogP contribution < -0.4 is 4.90 Å². The van der Waals surface area contributed by atoms with E-state index in [1.54, 1.807) is 6.20 Å². The van der Waals surface area contributed by atoms with Gasteiger partial charge in [0.25, 0.3) is 0 Å². The van der Waals surface area contributed by atoms with Gasteiger partial charge in [0.1, 0.15) is 5.52 Å². The smallest absolute Gasteiger partial charge is 0.112 e. The highest BCUT2D eigenvalue weighted by atomic mass is 79.9. The molecule has 6 heteroatoms. The van der Waals surface area contributed by atoms with Gasteiger partial charge < -0.3 is 9.64 Å². The Kier molecular flexibility index (Phi) is 3.86. The van der Waals surface area contributed by atoms with Crippen LogP contribution in [0.15, 0.2) is 29.0 Å². The Labute approximate surface area is 124 Å². The summed E-state index contributed by atoms with van der Waals surface area (Å²) in [6.45, 7) is 2.34. The van der Waals surface area contributed by atoms with Gasteiger partial charge in [-0.1, -0.05) is 0 Å². The van der Waals surface area contributed by atoms with Crippen LogP contribution in [0.3, 0.4) is 0 Å². The van der Waals surface area contributed by atoms with Gasteiger partial charge in [-0.2, -0.15) is 0 Å². The Morgan fingerprint density at radius 3 is 3.21 bits per heavy atom. The summed E-state index contributed by atoms with van der Waals surface area (Å²) in [6, 6.07) is 3.98. The Morgan fingerprint density at radius 2 is 2.37 bits per heavy atom. The summed E-state index contributed by atoms with van der Waals surface area (Å²) in [4.78, 5) is 11.1. The second-order valence-electron chi connectivity index (χ2n) is 4.44. The molecule has 1 fully saturated rings. The van der Waals surface area contributed by atoms with E-state index in [1.807, 2.05) is 18.3 Å². The predicted octanol–water partition coefficient (Wildman–Crippen LogP) is 2.84. The minimum absolute atomic E-state index is 0.0779. The van der Waals surface area contributed by atoms with Crippen molar-refractivity contribution in [3.63, 3.8) is 0 Å². The van der Waals surface area contributed by atoms with E-state index in [2.05, 4.69) is 30.8 Å². The van der Waals surface area contributed by atoms with E-state index in [4.69, 9.17) is 16.3 Å². The summed E-state index contributed by atoms with van der Waals surface area (Å²) in [5.41, 5.74) is 2.90. The number of fused-ring (bicyclic) bond motifs is 1. The van der Waals surface area contributed by atoms with Crippen LogP contribution in [0.25, 0.3) is 11.0 Å². The number of halogens is 2. The first-order valence-corrected chi connectivity index (χ1v) is 7.43. The number of hydrogen-bond donors (Lipinski definition) is 0. The Hall–Kier alpha value is -0.910. The van der Waals surface area contributed by atoms with Gasteiger partial charge in [-0.05, 0) is 28.1 Å². The lowest BCUT2D eigenvalue weighted by Crippen LogP contribution is -2.43. The quantitative estimate of drug-likeness (QED) is 0.787. The summed E-state index contributed by atoms with van der Waals surface area (Å²) in [6.07, 6.45) is 3.69. The van der Waals surface area contributed by atoms with E-state index in [1.165, 1.54) is 0 Å². The number of ether oxygens (including phenoxy) is 1. The maximum Gasteiger partial charge on any atom is 0.112 e. The topological polar surface area (TPSA) is 38.2 Å². The number of morpholine rings is 1. The summed E-state index contributed by atoms with van der Waals surface area (Å²) in [7, 11) is 0. The van der Waals surface area contributed by atoms with E-state index < -0.39 is 0 Å². The first-order valence-electron chi connectivity index (χ1n) is 6.10. The molecule has 1 atom stereocenters. The van der Waals surface area contributed by atoms with Crippen LogP contribution in [0.5, 0.6) is 0 Å². The molecule has 2 aromatic heterocycles. The largest absolute Gasteiger partial charge is 0.373 e. The SMILES string of the molecule is ClCC1CN(c2ccnc3cc(Br)cnc23)CCO1. The monoisotopic (exact) mass is 341 g/mol. The van der Waals surface area contributed by atoms with Crippen molar-refractivity contribution >= 4 is 44.3 Å². The predicted molar refractivity (Wildman–Crippen MR) is 79.9 cm³/mol. The van der Waals surface area contributed by atoms with Gasteiger partial charge in [-0.15, -0.1) is 11.6 Å². The third-order valence-electron chi connectivity index (χ3n) is 3.17. The molecule has 3 rings (SSSR count). The second-order valence-corrected chi connectivity index (χ2v) is 5.67. The van der Waals surface area contributed by atoms with Crippen molar-refractivity contribution in [3.05, 3.63) is 29.0 Å². The average molecular weight is 343 g/mol. The normalized spacial score (nSPS) is 19.9. The van der Waals surface area contributed by atoms with Gasteiger partial charge in [0.15, 0.2) is 0 Å². The van der Waals surface area contributed by atoms with Gasteiger partial charge in [-0.3, -0.25) is 9.97 Å². The standard InChI is InChI=1S/C13H13BrClN3O/c14-9-5-11-13(17-7-9)12(1-2-16-11)18-3-4-19-10(6-15)8-18/h1-2,5,7,10H,3-4,6,8H2. The lowest BCUT2D eigenvalue weighted by Gasteiger charge is -2.33. The van der Waals surface area contributed by atoms with Gasteiger partial charge in [-0.25, -0.2) is 0 Å². The molecule has 0 amide bonds. The van der Waals surface area contributed by atoms with E-state index in [0.717, 1.165) is 34.3 Å². The van der Waals surface area contributed by atoms with Crippen LogP contribution in [0.1, 0.15) is 0 Å². The molecule has 0 aliphatic carbocycles. The van der Waals surface area contributed by atoms with Crippen LogP contribution in [-0.2, 0) is 4.74 Å². The number of hydrogen-bond acceptors (Lipinski definition) is 4. The van der Waals surface area contributed by atoms with Crippen LogP contribution in [-0.4, -0.2) is 41.6 Å². The second kappa shape index (κ2) is 5.61. The molecule has 1 saturated heterocycles. The minimum atomic E-state index is 0.0779. The molecule has 1 aliphatic rings. The van der Waals surface area contributed by atoms with Crippen LogP contribution in [0.2, 0.25) is 0 Å². The number of rotatable bonds is 2. The lowest BCUT2D eigenvalue weighted by atomic mass is 10.2. The van der Waals surface area contributed by atoms with E-state index in [9.17, 15) is 0 Å². The fourth-order valence-electron chi connectivity index (χ4n) is 2.28. The van der Waals surface area contributed by atoms with E-state index in [0.29, 0.717) is 12.5 Å². The molecular formula is C13H13BrClN3O. The van der Waals surface area contributed by atoms with Gasteiger partial charge in [0.2, 0.25) is 0 Å². The molecule has 0 saturated carbocycles. The summed E-state index contributed by atoms with van der Waals surface area (Å²) < 4.78 is 6.53. The number of anilines is 1. The maximum atomic E-state index is 5.89. The van der Waals surface area contributed by atoms with Crippen LogP contribution in [0.4, 0.5) is 5.69 Å². The van der Waals surface area contributed by atoms with Crippen molar-refractivity contribution in [2.45, 2.75) is 6.10 Å². The Morgan fingerprint density at radius 1 is 1.47 bits per heavy atom. The molecule has 0 N–H and O–H groups in total. The molecule has 100 valence electrons. The summed E-state index contributed by atoms with van der Waals surface area (Å²) >= 11 is 9.31. The highest BCUT2D eigenvalue weighted by Gasteiger charge is 2.21. The molecule has 0 radical (unpaired) electrons. The van der Waals surface area contributed by atoms with Crippen molar-refractivity contribution < 1.29 is 4.74 Å². The van der Waals surface area contributed by atoms with Gasteiger partial charge >= 0.3 is 0 Å². The molecular weight excluding hydrogens is 330 g/mol. The molecule has 1 aliphatic heterocycles. The fraction of sp³-hybridized carbons (Fsp3) is 0.385. The highest BCUT2D eigenvalue weighted by Crippen LogP contribution is 2.26. The Bertz CT molecular complexity index is 595. The fourth-order valence-corrected chi connectivity index (χ4v) is 2.78. The molecule has 2 aromatic rings. The average Bonchev–Trinajstić information content (AvgIpc) is 2.46. The molecule has 0 bridgehead atoms. The number of pyridine rings is 2. The summed E-state index contributed by atoms with van der Waals surface area (Å²) in [5.74, 6) is 0.512. The third-order valence-corrected chi connectivity index (χ3v) is 3.95. The maximum absolute atomic E-state index is 5.89. The number of aromatic nitrogens is 2. The molecule has 0 spiro atoms. The van der Waals surface area contributed by atoms with Crippen molar-refractivity contribution in [2.24, 2.45) is 0 Å². The third kappa shape index (κ3) is 2.68. The molecule has 19 heavy (non-hydrogen) atoms. The van der Waals surface area contributed by atoms with Crippen molar-refractivity contribution in [3.8, 4) is 0 Å². The van der Waals surface area contributed by atoms with Crippen molar-refractivity contribution in [2.75, 3.05) is 30.5 Å². The minimum Gasteiger partial charge on any atom is -0.373 e. The first kappa shape index (κ1) is 13.1. The molecule has 0 aromatic carbocycles. The zero-order valence-electron chi connectivity index (χ0n) is 10.2. The molecule has 4 nitrogen and oxygen atoms in total. The summed E-state index contributed by atoms with van der Waals surface area (Å²) in [5, 5.41) is 0. The van der Waals surface area contributed by atoms with Crippen LogP contribution >= 0.6 is 27.5 Å². The van der Waals surface area contributed by atoms with Crippen molar-refractivity contribution in [1.82, 2.24) is 9.97 Å². The lowest BCUT2D eigenvalue weighted by molar-refractivity contribution is 0.0555. The van der Waals surface area contributed by atoms with E-state index in [-0.39, 0.29) is 6.10 Å². The zero-order chi connectivity index (χ0) is 13.2. The Balaban J connectivity index is 2.00. The molecule has 1 unspecified atom stereocenters. The van der Waals surface area contributed by atoms with Crippen molar-refractivity contribution in [1.29, 1.82) is 0 Å². The zero-order valence-corrected chi connectivity index (χ0v) is 12.6. The number of nitrogens with zero attached hydrogens (tertiary/aromatic N) is 3. The molecule has 3 heterocycles. The first-order chi connectivity index (χ1) is 9.28. The number of alkyl halides is 1. The van der Waals surface area contributed by atoms with E-state index >= 15 is 0 Å². The highest BCUT2D eigenvalue weighted by molar-refractivity contribution is 9.10.